The van der Waals surface area contributed by atoms with Crippen LogP contribution in [0.15, 0.2) is 17.2 Å². The zero-order valence-corrected chi connectivity index (χ0v) is 12.0. The maximum atomic E-state index is 12.2. The van der Waals surface area contributed by atoms with Crippen LogP contribution in [-0.2, 0) is 5.54 Å². The third-order valence-electron chi connectivity index (χ3n) is 2.89. The standard InChI is InChI=1S/C14H25N3O/c1-5-6-7-8-9-15-12-13(18)17(11-10-16-12)14(2,3)4/h10-11H,5-9H2,1-4H3,(H,15,16). The largest absolute Gasteiger partial charge is 0.365 e. The number of nitrogens with one attached hydrogen (secondary N) is 1. The first kappa shape index (κ1) is 14.7. The van der Waals surface area contributed by atoms with E-state index in [9.17, 15) is 4.79 Å². The van der Waals surface area contributed by atoms with E-state index in [-0.39, 0.29) is 11.1 Å². The van der Waals surface area contributed by atoms with Crippen LogP contribution in [0.3, 0.4) is 0 Å². The highest BCUT2D eigenvalue weighted by molar-refractivity contribution is 5.30. The Kier molecular flexibility index (Phi) is 5.38. The summed E-state index contributed by atoms with van der Waals surface area (Å²) in [4.78, 5) is 16.3. The van der Waals surface area contributed by atoms with E-state index in [1.54, 1.807) is 17.0 Å². The summed E-state index contributed by atoms with van der Waals surface area (Å²) in [7, 11) is 0. The van der Waals surface area contributed by atoms with Gasteiger partial charge in [-0.05, 0) is 27.2 Å². The molecule has 4 nitrogen and oxygen atoms in total. The summed E-state index contributed by atoms with van der Waals surface area (Å²) < 4.78 is 1.72. The average molecular weight is 251 g/mol. The maximum absolute atomic E-state index is 12.2. The summed E-state index contributed by atoms with van der Waals surface area (Å²) >= 11 is 0. The van der Waals surface area contributed by atoms with Crippen molar-refractivity contribution in [3.8, 4) is 0 Å². The normalized spacial score (nSPS) is 11.6. The number of hydrogen-bond donors (Lipinski definition) is 1. The summed E-state index contributed by atoms with van der Waals surface area (Å²) in [5.74, 6) is 0.462. The lowest BCUT2D eigenvalue weighted by Crippen LogP contribution is -2.35. The van der Waals surface area contributed by atoms with Crippen molar-refractivity contribution in [2.75, 3.05) is 11.9 Å². The molecule has 0 aliphatic carbocycles. The second-order valence-corrected chi connectivity index (χ2v) is 5.61. The topological polar surface area (TPSA) is 46.9 Å². The van der Waals surface area contributed by atoms with E-state index >= 15 is 0 Å². The van der Waals surface area contributed by atoms with Crippen molar-refractivity contribution in [1.29, 1.82) is 0 Å². The Labute approximate surface area is 109 Å². The van der Waals surface area contributed by atoms with E-state index in [4.69, 9.17) is 0 Å². The van der Waals surface area contributed by atoms with Gasteiger partial charge in [-0.15, -0.1) is 0 Å². The molecule has 0 spiro atoms. The van der Waals surface area contributed by atoms with Gasteiger partial charge in [0.25, 0.3) is 5.56 Å². The monoisotopic (exact) mass is 251 g/mol. The molecular formula is C14H25N3O. The highest BCUT2D eigenvalue weighted by Crippen LogP contribution is 2.10. The zero-order valence-electron chi connectivity index (χ0n) is 12.0. The van der Waals surface area contributed by atoms with Crippen molar-refractivity contribution in [3.05, 3.63) is 22.7 Å². The average Bonchev–Trinajstić information content (AvgIpc) is 2.29. The smallest absolute Gasteiger partial charge is 0.293 e. The summed E-state index contributed by atoms with van der Waals surface area (Å²) in [5, 5.41) is 3.14. The molecule has 0 unspecified atom stereocenters. The quantitative estimate of drug-likeness (QED) is 0.791. The van der Waals surface area contributed by atoms with Gasteiger partial charge in [-0.1, -0.05) is 26.2 Å². The van der Waals surface area contributed by atoms with E-state index in [0.29, 0.717) is 5.82 Å². The Bertz CT molecular complexity index is 418. The Morgan fingerprint density at radius 3 is 2.61 bits per heavy atom. The summed E-state index contributed by atoms with van der Waals surface area (Å²) in [5.41, 5.74) is -0.251. The van der Waals surface area contributed by atoms with Crippen LogP contribution in [0.5, 0.6) is 0 Å². The van der Waals surface area contributed by atoms with E-state index in [0.717, 1.165) is 13.0 Å². The molecule has 0 bridgehead atoms. The van der Waals surface area contributed by atoms with Crippen LogP contribution in [0.1, 0.15) is 53.4 Å². The number of rotatable bonds is 6. The summed E-state index contributed by atoms with van der Waals surface area (Å²) in [6.07, 6.45) is 8.17. The van der Waals surface area contributed by atoms with Gasteiger partial charge in [0, 0.05) is 24.5 Å². The van der Waals surface area contributed by atoms with Gasteiger partial charge in [0.1, 0.15) is 0 Å². The molecule has 0 saturated heterocycles. The minimum Gasteiger partial charge on any atom is -0.365 e. The van der Waals surface area contributed by atoms with E-state index in [1.807, 2.05) is 20.8 Å². The van der Waals surface area contributed by atoms with E-state index < -0.39 is 0 Å². The van der Waals surface area contributed by atoms with Gasteiger partial charge >= 0.3 is 0 Å². The molecule has 1 rings (SSSR count). The van der Waals surface area contributed by atoms with Crippen LogP contribution in [0, 0.1) is 0 Å². The maximum Gasteiger partial charge on any atom is 0.293 e. The van der Waals surface area contributed by atoms with Crippen molar-refractivity contribution < 1.29 is 0 Å². The Hall–Kier alpha value is -1.32. The number of hydrogen-bond acceptors (Lipinski definition) is 3. The van der Waals surface area contributed by atoms with Gasteiger partial charge < -0.3 is 9.88 Å². The molecule has 1 aromatic heterocycles. The third-order valence-corrected chi connectivity index (χ3v) is 2.89. The fourth-order valence-corrected chi connectivity index (χ4v) is 1.82. The first-order valence-electron chi connectivity index (χ1n) is 6.79. The summed E-state index contributed by atoms with van der Waals surface area (Å²) in [6, 6.07) is 0. The molecule has 1 aromatic rings. The van der Waals surface area contributed by atoms with Crippen molar-refractivity contribution in [1.82, 2.24) is 9.55 Å². The van der Waals surface area contributed by atoms with Crippen LogP contribution in [0.2, 0.25) is 0 Å². The molecule has 102 valence electrons. The minimum atomic E-state index is -0.210. The number of anilines is 1. The molecule has 4 heteroatoms. The molecule has 0 amide bonds. The highest BCUT2D eigenvalue weighted by atomic mass is 16.1. The first-order valence-corrected chi connectivity index (χ1v) is 6.79. The van der Waals surface area contributed by atoms with Crippen LogP contribution < -0.4 is 10.9 Å². The molecule has 1 N–H and O–H groups in total. The van der Waals surface area contributed by atoms with Gasteiger partial charge in [-0.2, -0.15) is 0 Å². The lowest BCUT2D eigenvalue weighted by atomic mass is 10.1. The predicted octanol–water partition coefficient (Wildman–Crippen LogP) is 2.99. The fourth-order valence-electron chi connectivity index (χ4n) is 1.82. The molecule has 0 radical (unpaired) electrons. The van der Waals surface area contributed by atoms with Crippen molar-refractivity contribution in [2.24, 2.45) is 0 Å². The van der Waals surface area contributed by atoms with E-state index in [1.165, 1.54) is 19.3 Å². The third kappa shape index (κ3) is 4.17. The molecule has 1 heterocycles. The van der Waals surface area contributed by atoms with Gasteiger partial charge in [-0.25, -0.2) is 4.98 Å². The van der Waals surface area contributed by atoms with Gasteiger partial charge in [0.15, 0.2) is 5.82 Å². The molecule has 0 fully saturated rings. The molecule has 0 atom stereocenters. The van der Waals surface area contributed by atoms with E-state index in [2.05, 4.69) is 17.2 Å². The molecule has 0 aromatic carbocycles. The zero-order chi connectivity index (χ0) is 13.6. The Balaban J connectivity index is 2.65. The van der Waals surface area contributed by atoms with Crippen molar-refractivity contribution in [3.63, 3.8) is 0 Å². The number of nitrogens with zero attached hydrogens (tertiary/aromatic N) is 2. The predicted molar refractivity (Wildman–Crippen MR) is 76.1 cm³/mol. The van der Waals surface area contributed by atoms with Crippen LogP contribution in [0.4, 0.5) is 5.82 Å². The second-order valence-electron chi connectivity index (χ2n) is 5.61. The highest BCUT2D eigenvalue weighted by Gasteiger charge is 2.16. The Morgan fingerprint density at radius 2 is 2.00 bits per heavy atom. The second kappa shape index (κ2) is 6.57. The van der Waals surface area contributed by atoms with Gasteiger partial charge in [0.2, 0.25) is 0 Å². The lowest BCUT2D eigenvalue weighted by Gasteiger charge is -2.22. The fraction of sp³-hybridized carbons (Fsp3) is 0.714. The van der Waals surface area contributed by atoms with Gasteiger partial charge in [0.05, 0.1) is 0 Å². The van der Waals surface area contributed by atoms with Gasteiger partial charge in [-0.3, -0.25) is 4.79 Å². The molecule has 0 aliphatic heterocycles. The molecule has 18 heavy (non-hydrogen) atoms. The van der Waals surface area contributed by atoms with Crippen molar-refractivity contribution >= 4 is 5.82 Å². The molecule has 0 aliphatic rings. The van der Waals surface area contributed by atoms with Crippen LogP contribution in [0.25, 0.3) is 0 Å². The van der Waals surface area contributed by atoms with Crippen molar-refractivity contribution in [2.45, 2.75) is 58.9 Å². The number of aromatic nitrogens is 2. The summed E-state index contributed by atoms with van der Waals surface area (Å²) in [6.45, 7) is 9.04. The Morgan fingerprint density at radius 1 is 1.28 bits per heavy atom. The SMILES string of the molecule is CCCCCCNc1nccn(C(C)(C)C)c1=O. The lowest BCUT2D eigenvalue weighted by molar-refractivity contribution is 0.383. The number of unbranched alkanes of at least 4 members (excludes halogenated alkanes) is 3. The molecule has 0 saturated carbocycles. The minimum absolute atomic E-state index is 0.0412. The first-order chi connectivity index (χ1) is 8.46. The molecular weight excluding hydrogens is 226 g/mol. The van der Waals surface area contributed by atoms with Crippen LogP contribution in [-0.4, -0.2) is 16.1 Å². The van der Waals surface area contributed by atoms with Crippen LogP contribution >= 0.6 is 0 Å².